The number of hydrogen-bond acceptors (Lipinski definition) is 4. The van der Waals surface area contributed by atoms with E-state index in [2.05, 4.69) is 22.2 Å². The lowest BCUT2D eigenvalue weighted by molar-refractivity contribution is -0.134. The molecule has 1 aliphatic carbocycles. The van der Waals surface area contributed by atoms with Crippen LogP contribution in [0.1, 0.15) is 51.7 Å². The summed E-state index contributed by atoms with van der Waals surface area (Å²) in [6, 6.07) is 16.1. The maximum absolute atomic E-state index is 12.8. The lowest BCUT2D eigenvalue weighted by Crippen LogP contribution is -2.61. The van der Waals surface area contributed by atoms with Crippen LogP contribution in [-0.2, 0) is 14.3 Å². The van der Waals surface area contributed by atoms with Crippen molar-refractivity contribution >= 4 is 31.6 Å². The number of Topliss-reactive ketones (excluding diaryl/α,β-unsaturated/α-hetero) is 1. The zero-order chi connectivity index (χ0) is 23.5. The van der Waals surface area contributed by atoms with Gasteiger partial charge in [0.1, 0.15) is 12.1 Å². The Morgan fingerprint density at radius 3 is 2.06 bits per heavy atom. The number of ether oxygens (including phenoxy) is 2. The Morgan fingerprint density at radius 1 is 1.06 bits per heavy atom. The fourth-order valence-corrected chi connectivity index (χ4v) is 4.04. The molecule has 3 rings (SSSR count). The molecule has 0 aliphatic heterocycles. The van der Waals surface area contributed by atoms with Crippen LogP contribution in [0.3, 0.4) is 0 Å². The van der Waals surface area contributed by atoms with Gasteiger partial charge in [-0.3, -0.25) is 4.79 Å². The number of benzene rings is 2. The average Bonchev–Trinajstić information content (AvgIpc) is 3.05. The van der Waals surface area contributed by atoms with Crippen LogP contribution in [-0.4, -0.2) is 46.7 Å². The van der Waals surface area contributed by atoms with E-state index in [0.717, 1.165) is 28.5 Å². The summed E-state index contributed by atoms with van der Waals surface area (Å²) in [4.78, 5) is 28.3. The molecule has 1 amide bonds. The second-order valence-corrected chi connectivity index (χ2v) is 9.13. The first-order valence-corrected chi connectivity index (χ1v) is 10.6. The molecule has 0 saturated heterocycles. The molecule has 0 spiro atoms. The predicted octanol–water partition coefficient (Wildman–Crippen LogP) is 4.47. The van der Waals surface area contributed by atoms with Crippen molar-refractivity contribution in [1.82, 2.24) is 5.32 Å². The molecular formula is C25H31N3O4S. The molecule has 1 aliphatic rings. The number of amides is 1. The second kappa shape index (κ2) is 10.3. The Labute approximate surface area is 201 Å². The Balaban J connectivity index is 0.00000385. The van der Waals surface area contributed by atoms with Crippen molar-refractivity contribution in [1.29, 1.82) is 0 Å². The lowest BCUT2D eigenvalue weighted by Gasteiger charge is -2.36. The largest absolute Gasteiger partial charge is 0.449 e. The summed E-state index contributed by atoms with van der Waals surface area (Å²) in [6.45, 7) is 8.87. The highest BCUT2D eigenvalue weighted by atomic mass is 32.1. The van der Waals surface area contributed by atoms with Crippen LogP contribution >= 0.6 is 13.5 Å². The summed E-state index contributed by atoms with van der Waals surface area (Å²) < 4.78 is 11.5. The standard InChI is InChI=1S/C25H29N3O4.H2S/c1-16(32-24(2,3)4)25(5,22(29)14-27-26)28-23(30)31-15-21-19-12-8-6-10-17(19)18-11-7-9-13-20(18)21;/h6-14,16,21H,15H2,1-5H3,(H,28,30);1H2/t16-,25-;/m0./s1. The van der Waals surface area contributed by atoms with Crippen LogP contribution in [0, 0.1) is 0 Å². The average molecular weight is 470 g/mol. The van der Waals surface area contributed by atoms with Crippen molar-refractivity contribution in [3.63, 3.8) is 0 Å². The van der Waals surface area contributed by atoms with E-state index in [4.69, 9.17) is 15.0 Å². The Bertz CT molecular complexity index is 1030. The summed E-state index contributed by atoms with van der Waals surface area (Å²) >= 11 is 0. The second-order valence-electron chi connectivity index (χ2n) is 9.13. The van der Waals surface area contributed by atoms with Gasteiger partial charge in [-0.05, 0) is 56.9 Å². The molecule has 0 aromatic heterocycles. The molecule has 2 atom stereocenters. The highest BCUT2D eigenvalue weighted by Crippen LogP contribution is 2.44. The monoisotopic (exact) mass is 469 g/mol. The van der Waals surface area contributed by atoms with Gasteiger partial charge in [-0.2, -0.15) is 18.3 Å². The van der Waals surface area contributed by atoms with Crippen molar-refractivity contribution < 1.29 is 23.9 Å². The van der Waals surface area contributed by atoms with E-state index in [1.54, 1.807) is 6.92 Å². The minimum atomic E-state index is -1.48. The molecule has 176 valence electrons. The van der Waals surface area contributed by atoms with E-state index in [1.165, 1.54) is 6.92 Å². The van der Waals surface area contributed by atoms with Crippen LogP contribution in [0.25, 0.3) is 16.7 Å². The van der Waals surface area contributed by atoms with Gasteiger partial charge >= 0.3 is 12.3 Å². The van der Waals surface area contributed by atoms with E-state index in [-0.39, 0.29) is 26.0 Å². The summed E-state index contributed by atoms with van der Waals surface area (Å²) in [6.07, 6.45) is -0.710. The van der Waals surface area contributed by atoms with E-state index in [9.17, 15) is 9.59 Å². The molecule has 0 radical (unpaired) electrons. The third-order valence-electron chi connectivity index (χ3n) is 5.74. The number of nitrogens with one attached hydrogen (secondary N) is 1. The summed E-state index contributed by atoms with van der Waals surface area (Å²) in [5.74, 6) is -0.706. The number of nitrogens with zero attached hydrogens (tertiary/aromatic N) is 2. The summed E-state index contributed by atoms with van der Waals surface area (Å²) in [7, 11) is 0. The van der Waals surface area contributed by atoms with Gasteiger partial charge in [0.25, 0.3) is 5.78 Å². The number of rotatable bonds is 7. The molecule has 2 aromatic rings. The smallest absolute Gasteiger partial charge is 0.408 e. The first-order chi connectivity index (χ1) is 15.1. The number of fused-ring (bicyclic) bond motifs is 3. The quantitative estimate of drug-likeness (QED) is 0.367. The Hall–Kier alpha value is -2.93. The molecule has 2 aromatic carbocycles. The van der Waals surface area contributed by atoms with Gasteiger partial charge in [0.2, 0.25) is 0 Å². The van der Waals surface area contributed by atoms with Crippen LogP contribution < -0.4 is 5.32 Å². The highest BCUT2D eigenvalue weighted by Gasteiger charge is 2.44. The van der Waals surface area contributed by atoms with Gasteiger partial charge in [-0.25, -0.2) is 4.79 Å². The molecule has 0 heterocycles. The van der Waals surface area contributed by atoms with Crippen LogP contribution in [0.5, 0.6) is 0 Å². The number of carbonyl (C=O) groups is 2. The first-order valence-electron chi connectivity index (χ1n) is 10.6. The molecule has 0 unspecified atom stereocenters. The van der Waals surface area contributed by atoms with Crippen LogP contribution in [0.4, 0.5) is 4.79 Å². The van der Waals surface area contributed by atoms with Gasteiger partial charge in [0.15, 0.2) is 0 Å². The summed E-state index contributed by atoms with van der Waals surface area (Å²) in [5, 5.41) is 2.63. The van der Waals surface area contributed by atoms with Crippen molar-refractivity contribution in [3.05, 3.63) is 65.2 Å². The van der Waals surface area contributed by atoms with Crippen molar-refractivity contribution in [2.75, 3.05) is 6.61 Å². The van der Waals surface area contributed by atoms with Gasteiger partial charge in [0, 0.05) is 5.92 Å². The number of alkyl carbamates (subject to hydrolysis) is 1. The molecule has 33 heavy (non-hydrogen) atoms. The molecule has 0 bridgehead atoms. The van der Waals surface area contributed by atoms with Crippen molar-refractivity contribution in [2.45, 2.75) is 57.8 Å². The molecule has 1 N–H and O–H groups in total. The van der Waals surface area contributed by atoms with Gasteiger partial charge in [0.05, 0.1) is 11.7 Å². The third kappa shape index (κ3) is 5.71. The maximum Gasteiger partial charge on any atom is 0.408 e. The zero-order valence-electron chi connectivity index (χ0n) is 19.6. The number of hydrogen-bond donors (Lipinski definition) is 1. The predicted molar refractivity (Wildman–Crippen MR) is 132 cm³/mol. The van der Waals surface area contributed by atoms with Crippen molar-refractivity contribution in [3.8, 4) is 11.1 Å². The van der Waals surface area contributed by atoms with Gasteiger partial charge in [-0.15, -0.1) is 0 Å². The number of carbonyl (C=O) groups excluding carboxylic acids is 2. The molecule has 8 heteroatoms. The number of ketones is 1. The van der Waals surface area contributed by atoms with Gasteiger partial charge in [-0.1, -0.05) is 48.5 Å². The van der Waals surface area contributed by atoms with E-state index >= 15 is 0 Å². The SMILES string of the molecule is C[C@H](OC(C)(C)C)[C@](C)(NC(=O)OCC1c2ccccc2-c2ccccc21)C(=O)C=[N+]=[N-].S. The highest BCUT2D eigenvalue weighted by molar-refractivity contribution is 7.59. The minimum Gasteiger partial charge on any atom is -0.449 e. The van der Waals surface area contributed by atoms with E-state index in [0.29, 0.717) is 0 Å². The zero-order valence-corrected chi connectivity index (χ0v) is 20.6. The molecule has 0 fully saturated rings. The first kappa shape index (κ1) is 26.3. The fraction of sp³-hybridized carbons (Fsp3) is 0.400. The van der Waals surface area contributed by atoms with E-state index < -0.39 is 29.1 Å². The van der Waals surface area contributed by atoms with Gasteiger partial charge < -0.3 is 20.3 Å². The molecule has 0 saturated carbocycles. The fourth-order valence-electron chi connectivity index (χ4n) is 4.04. The van der Waals surface area contributed by atoms with Crippen molar-refractivity contribution in [2.24, 2.45) is 0 Å². The Morgan fingerprint density at radius 2 is 1.58 bits per heavy atom. The van der Waals surface area contributed by atoms with Crippen LogP contribution in [0.2, 0.25) is 0 Å². The third-order valence-corrected chi connectivity index (χ3v) is 5.74. The molecule has 7 nitrogen and oxygen atoms in total. The lowest BCUT2D eigenvalue weighted by atomic mass is 9.90. The maximum atomic E-state index is 12.8. The summed E-state index contributed by atoms with van der Waals surface area (Å²) in [5.41, 5.74) is 11.3. The normalized spacial score (nSPS) is 15.1. The van der Waals surface area contributed by atoms with E-state index in [1.807, 2.05) is 57.2 Å². The topological polar surface area (TPSA) is 101 Å². The van der Waals surface area contributed by atoms with Crippen LogP contribution in [0.15, 0.2) is 48.5 Å². The Kier molecular flexibility index (Phi) is 8.25. The molecular weight excluding hydrogens is 438 g/mol. The minimum absolute atomic E-state index is 0.